The fraction of sp³-hybridized carbons (Fsp3) is 0.261. The van der Waals surface area contributed by atoms with Gasteiger partial charge in [-0.05, 0) is 49.1 Å². The van der Waals surface area contributed by atoms with Crippen molar-refractivity contribution in [1.82, 2.24) is 9.88 Å². The Labute approximate surface area is 164 Å². The van der Waals surface area contributed by atoms with E-state index in [2.05, 4.69) is 11.1 Å². The average Bonchev–Trinajstić information content (AvgIpc) is 2.73. The van der Waals surface area contributed by atoms with Gasteiger partial charge in [0.15, 0.2) is 0 Å². The average molecular weight is 373 g/mol. The van der Waals surface area contributed by atoms with Gasteiger partial charge in [0, 0.05) is 41.7 Å². The summed E-state index contributed by atoms with van der Waals surface area (Å²) in [7, 11) is 0. The summed E-state index contributed by atoms with van der Waals surface area (Å²) in [4.78, 5) is 30.6. The second-order valence-electron chi connectivity index (χ2n) is 7.31. The van der Waals surface area contributed by atoms with Gasteiger partial charge in [-0.1, -0.05) is 30.3 Å². The maximum Gasteiger partial charge on any atom is 0.254 e. The Balaban J connectivity index is 1.56. The molecule has 0 saturated carbocycles. The third-order valence-electron chi connectivity index (χ3n) is 5.38. The van der Waals surface area contributed by atoms with Gasteiger partial charge < -0.3 is 10.6 Å². The molecular weight excluding hydrogens is 350 g/mol. The summed E-state index contributed by atoms with van der Waals surface area (Å²) in [5, 5.41) is 1.09. The number of hydrogen-bond donors (Lipinski definition) is 1. The van der Waals surface area contributed by atoms with Crippen molar-refractivity contribution >= 4 is 22.7 Å². The van der Waals surface area contributed by atoms with Gasteiger partial charge in [0.25, 0.3) is 5.91 Å². The molecule has 0 spiro atoms. The molecule has 2 amide bonds. The zero-order valence-corrected chi connectivity index (χ0v) is 15.7. The molecule has 142 valence electrons. The molecule has 28 heavy (non-hydrogen) atoms. The van der Waals surface area contributed by atoms with Gasteiger partial charge in [-0.3, -0.25) is 14.6 Å². The van der Waals surface area contributed by atoms with Crippen LogP contribution in [0.25, 0.3) is 22.0 Å². The number of nitrogens with two attached hydrogens (primary N) is 1. The second-order valence-corrected chi connectivity index (χ2v) is 7.31. The van der Waals surface area contributed by atoms with Crippen LogP contribution in [0.2, 0.25) is 0 Å². The van der Waals surface area contributed by atoms with E-state index in [4.69, 9.17) is 5.73 Å². The molecule has 2 heterocycles. The molecule has 3 aromatic rings. The van der Waals surface area contributed by atoms with Crippen LogP contribution in [0.1, 0.15) is 36.0 Å². The zero-order chi connectivity index (χ0) is 19.5. The second kappa shape index (κ2) is 7.80. The Morgan fingerprint density at radius 2 is 1.82 bits per heavy atom. The van der Waals surface area contributed by atoms with Crippen LogP contribution in [0.3, 0.4) is 0 Å². The standard InChI is InChI=1S/C23H23N3O2/c24-22(27)14-20-6-3-4-12-26(20)23(28)17-10-8-16(9-11-17)19-13-18-5-1-2-7-21(18)25-15-19/h1-2,5,7-11,13,15,20H,3-4,6,12,14H2,(H2,24,27). The molecule has 4 rings (SSSR count). The summed E-state index contributed by atoms with van der Waals surface area (Å²) in [5.74, 6) is -0.391. The minimum Gasteiger partial charge on any atom is -0.370 e. The maximum absolute atomic E-state index is 13.0. The summed E-state index contributed by atoms with van der Waals surface area (Å²) in [6.45, 7) is 0.674. The number of primary amides is 1. The third kappa shape index (κ3) is 3.74. The van der Waals surface area contributed by atoms with Crippen molar-refractivity contribution in [2.24, 2.45) is 5.73 Å². The van der Waals surface area contributed by atoms with Crippen molar-refractivity contribution in [2.75, 3.05) is 6.54 Å². The Kier molecular flexibility index (Phi) is 5.06. The molecule has 0 radical (unpaired) electrons. The molecule has 0 bridgehead atoms. The highest BCUT2D eigenvalue weighted by Crippen LogP contribution is 2.25. The zero-order valence-electron chi connectivity index (χ0n) is 15.7. The molecule has 5 heteroatoms. The number of para-hydroxylation sites is 1. The highest BCUT2D eigenvalue weighted by atomic mass is 16.2. The fourth-order valence-corrected chi connectivity index (χ4v) is 3.91. The lowest BCUT2D eigenvalue weighted by Gasteiger charge is -2.35. The predicted molar refractivity (Wildman–Crippen MR) is 110 cm³/mol. The molecule has 5 nitrogen and oxygen atoms in total. The van der Waals surface area contributed by atoms with Crippen LogP contribution in [0.4, 0.5) is 0 Å². The van der Waals surface area contributed by atoms with Crippen LogP contribution in [0.5, 0.6) is 0 Å². The Hall–Kier alpha value is -3.21. The van der Waals surface area contributed by atoms with Gasteiger partial charge in [-0.15, -0.1) is 0 Å². The third-order valence-corrected chi connectivity index (χ3v) is 5.38. The Morgan fingerprint density at radius 3 is 2.61 bits per heavy atom. The van der Waals surface area contributed by atoms with E-state index in [1.54, 1.807) is 4.90 Å². The highest BCUT2D eigenvalue weighted by Gasteiger charge is 2.28. The number of benzene rings is 2. The number of nitrogens with zero attached hydrogens (tertiary/aromatic N) is 2. The van der Waals surface area contributed by atoms with E-state index in [9.17, 15) is 9.59 Å². The minimum absolute atomic E-state index is 0.0332. The smallest absolute Gasteiger partial charge is 0.254 e. The van der Waals surface area contributed by atoms with Crippen molar-refractivity contribution in [3.05, 3.63) is 66.4 Å². The van der Waals surface area contributed by atoms with Gasteiger partial charge in [-0.2, -0.15) is 0 Å². The van der Waals surface area contributed by atoms with Crippen LogP contribution in [-0.2, 0) is 4.79 Å². The summed E-state index contributed by atoms with van der Waals surface area (Å²) < 4.78 is 0. The number of aromatic nitrogens is 1. The van der Waals surface area contributed by atoms with Gasteiger partial charge in [0.1, 0.15) is 0 Å². The van der Waals surface area contributed by atoms with Crippen molar-refractivity contribution in [2.45, 2.75) is 31.7 Å². The molecule has 0 aliphatic carbocycles. The fourth-order valence-electron chi connectivity index (χ4n) is 3.91. The van der Waals surface area contributed by atoms with Crippen molar-refractivity contribution in [3.8, 4) is 11.1 Å². The van der Waals surface area contributed by atoms with Gasteiger partial charge in [0.05, 0.1) is 5.52 Å². The number of likely N-dealkylation sites (tertiary alicyclic amines) is 1. The summed E-state index contributed by atoms with van der Waals surface area (Å²) in [5.41, 5.74) is 8.99. The number of amides is 2. The first kappa shape index (κ1) is 18.2. The van der Waals surface area contributed by atoms with Gasteiger partial charge in [0.2, 0.25) is 5.91 Å². The van der Waals surface area contributed by atoms with Crippen molar-refractivity contribution in [3.63, 3.8) is 0 Å². The largest absolute Gasteiger partial charge is 0.370 e. The lowest BCUT2D eigenvalue weighted by atomic mass is 9.97. The first-order valence-corrected chi connectivity index (χ1v) is 9.66. The molecule has 1 aliphatic rings. The van der Waals surface area contributed by atoms with E-state index >= 15 is 0 Å². The molecule has 2 N–H and O–H groups in total. The first-order chi connectivity index (χ1) is 13.6. The number of fused-ring (bicyclic) bond motifs is 1. The highest BCUT2D eigenvalue weighted by molar-refractivity contribution is 5.95. The quantitative estimate of drug-likeness (QED) is 0.756. The predicted octanol–water partition coefficient (Wildman–Crippen LogP) is 3.77. The summed E-state index contributed by atoms with van der Waals surface area (Å²) in [6.07, 6.45) is 4.90. The lowest BCUT2D eigenvalue weighted by Crippen LogP contribution is -2.45. The van der Waals surface area contributed by atoms with Crippen molar-refractivity contribution in [1.29, 1.82) is 0 Å². The van der Waals surface area contributed by atoms with Crippen LogP contribution in [0, 0.1) is 0 Å². The van der Waals surface area contributed by atoms with E-state index < -0.39 is 0 Å². The SMILES string of the molecule is NC(=O)CC1CCCCN1C(=O)c1ccc(-c2cnc3ccccc3c2)cc1. The van der Waals surface area contributed by atoms with E-state index in [1.165, 1.54) is 0 Å². The number of hydrogen-bond acceptors (Lipinski definition) is 3. The molecule has 1 unspecified atom stereocenters. The number of carbonyl (C=O) groups is 2. The number of pyridine rings is 1. The van der Waals surface area contributed by atoms with Crippen molar-refractivity contribution < 1.29 is 9.59 Å². The van der Waals surface area contributed by atoms with E-state index in [0.29, 0.717) is 12.1 Å². The molecule has 1 fully saturated rings. The molecule has 1 aliphatic heterocycles. The van der Waals surface area contributed by atoms with Crippen LogP contribution in [0.15, 0.2) is 60.8 Å². The molecule has 1 aromatic heterocycles. The van der Waals surface area contributed by atoms with Gasteiger partial charge in [-0.25, -0.2) is 0 Å². The number of piperidine rings is 1. The van der Waals surface area contributed by atoms with Crippen LogP contribution < -0.4 is 5.73 Å². The molecule has 2 aromatic carbocycles. The number of carbonyl (C=O) groups excluding carboxylic acids is 2. The van der Waals surface area contributed by atoms with E-state index in [1.807, 2.05) is 54.7 Å². The molecule has 1 saturated heterocycles. The Morgan fingerprint density at radius 1 is 1.04 bits per heavy atom. The normalized spacial score (nSPS) is 16.9. The topological polar surface area (TPSA) is 76.3 Å². The Bertz CT molecular complexity index is 1010. The lowest BCUT2D eigenvalue weighted by molar-refractivity contribution is -0.119. The molecular formula is C23H23N3O2. The van der Waals surface area contributed by atoms with E-state index in [0.717, 1.165) is 41.3 Å². The number of rotatable bonds is 4. The molecule has 1 atom stereocenters. The minimum atomic E-state index is -0.358. The van der Waals surface area contributed by atoms with Crippen LogP contribution in [-0.4, -0.2) is 34.3 Å². The van der Waals surface area contributed by atoms with Gasteiger partial charge >= 0.3 is 0 Å². The first-order valence-electron chi connectivity index (χ1n) is 9.66. The summed E-state index contributed by atoms with van der Waals surface area (Å²) in [6, 6.07) is 17.6. The van der Waals surface area contributed by atoms with Crippen LogP contribution >= 0.6 is 0 Å². The van der Waals surface area contributed by atoms with E-state index in [-0.39, 0.29) is 24.3 Å². The summed E-state index contributed by atoms with van der Waals surface area (Å²) >= 11 is 0. The monoisotopic (exact) mass is 373 g/mol. The maximum atomic E-state index is 13.0.